The Morgan fingerprint density at radius 2 is 1.89 bits per heavy atom. The van der Waals surface area contributed by atoms with Crippen molar-refractivity contribution >= 4 is 5.97 Å². The maximum Gasteiger partial charge on any atom is 0.300 e. The van der Waals surface area contributed by atoms with Crippen LogP contribution in [0.25, 0.3) is 0 Å². The number of carboxylic acids is 1. The highest BCUT2D eigenvalue weighted by atomic mass is 16.9. The Morgan fingerprint density at radius 1 is 1.78 bits per heavy atom. The molecular formula is C3H7NO5. The van der Waals surface area contributed by atoms with Crippen LogP contribution < -0.4 is 0 Å². The molecule has 0 aliphatic rings. The Kier molecular flexibility index (Phi) is 7.87. The lowest BCUT2D eigenvalue weighted by Gasteiger charge is -1.75. The molecule has 0 spiro atoms. The van der Waals surface area contributed by atoms with Crippen molar-refractivity contribution in [3.05, 3.63) is 10.1 Å². The Hall–Kier alpha value is -1.33. The number of hydrogen-bond donors (Lipinski definition) is 1. The van der Waals surface area contributed by atoms with Gasteiger partial charge < -0.3 is 9.94 Å². The van der Waals surface area contributed by atoms with Crippen LogP contribution in [0.5, 0.6) is 0 Å². The molecule has 0 bridgehead atoms. The van der Waals surface area contributed by atoms with Gasteiger partial charge in [-0.3, -0.25) is 4.79 Å². The lowest BCUT2D eigenvalue weighted by atomic mass is 10.9. The predicted molar refractivity (Wildman–Crippen MR) is 27.3 cm³/mol. The van der Waals surface area contributed by atoms with E-state index in [2.05, 4.69) is 4.84 Å². The van der Waals surface area contributed by atoms with Crippen LogP contribution in [-0.4, -0.2) is 23.3 Å². The molecule has 0 saturated heterocycles. The van der Waals surface area contributed by atoms with Crippen molar-refractivity contribution in [3.63, 3.8) is 0 Å². The Bertz CT molecular complexity index is 96.4. The number of aliphatic carboxylic acids is 1. The van der Waals surface area contributed by atoms with Crippen LogP contribution in [0, 0.1) is 10.1 Å². The van der Waals surface area contributed by atoms with Gasteiger partial charge in [0, 0.05) is 6.92 Å². The zero-order chi connectivity index (χ0) is 7.86. The first-order chi connectivity index (χ1) is 4.00. The van der Waals surface area contributed by atoms with E-state index >= 15 is 0 Å². The molecule has 0 aliphatic carbocycles. The first-order valence-electron chi connectivity index (χ1n) is 1.88. The predicted octanol–water partition coefficient (Wildman–Crippen LogP) is -0.0846. The Labute approximate surface area is 51.2 Å². The maximum atomic E-state index is 9.00. The summed E-state index contributed by atoms with van der Waals surface area (Å²) in [6, 6.07) is 0. The van der Waals surface area contributed by atoms with E-state index in [-0.39, 0.29) is 0 Å². The van der Waals surface area contributed by atoms with E-state index in [1.807, 2.05) is 0 Å². The van der Waals surface area contributed by atoms with Crippen molar-refractivity contribution in [1.29, 1.82) is 0 Å². The second-order valence-corrected chi connectivity index (χ2v) is 0.925. The minimum absolute atomic E-state index is 0.833. The molecule has 0 rings (SSSR count). The highest BCUT2D eigenvalue weighted by molar-refractivity contribution is 5.62. The van der Waals surface area contributed by atoms with E-state index in [4.69, 9.17) is 20.0 Å². The largest absolute Gasteiger partial charge is 0.481 e. The highest BCUT2D eigenvalue weighted by Crippen LogP contribution is 1.57. The van der Waals surface area contributed by atoms with E-state index in [1.54, 1.807) is 0 Å². The van der Waals surface area contributed by atoms with Crippen molar-refractivity contribution in [2.75, 3.05) is 7.11 Å². The van der Waals surface area contributed by atoms with Gasteiger partial charge in [0.15, 0.2) is 0 Å². The molecule has 0 aromatic rings. The van der Waals surface area contributed by atoms with E-state index in [0.29, 0.717) is 0 Å². The van der Waals surface area contributed by atoms with Crippen LogP contribution in [0.1, 0.15) is 6.92 Å². The Balaban J connectivity index is 0. The summed E-state index contributed by atoms with van der Waals surface area (Å²) in [6.45, 7) is 1.08. The molecule has 0 atom stereocenters. The number of carbonyl (C=O) groups is 1. The smallest absolute Gasteiger partial charge is 0.300 e. The second-order valence-electron chi connectivity index (χ2n) is 0.925. The number of rotatable bonds is 1. The number of nitrogens with zero attached hydrogens (tertiary/aromatic N) is 1. The van der Waals surface area contributed by atoms with Gasteiger partial charge in [-0.05, 0) is 0 Å². The van der Waals surface area contributed by atoms with Gasteiger partial charge >= 0.3 is 0 Å². The third-order valence-electron chi connectivity index (χ3n) is 0.149. The van der Waals surface area contributed by atoms with Crippen LogP contribution >= 0.6 is 0 Å². The molecule has 0 aliphatic heterocycles. The Morgan fingerprint density at radius 3 is 1.89 bits per heavy atom. The summed E-state index contributed by atoms with van der Waals surface area (Å²) in [7, 11) is 1.00. The maximum absolute atomic E-state index is 9.00. The number of carboxylic acid groups (broad SMARTS) is 1. The van der Waals surface area contributed by atoms with Crippen LogP contribution in [0.15, 0.2) is 0 Å². The third kappa shape index (κ3) is 324. The van der Waals surface area contributed by atoms with E-state index in [0.717, 1.165) is 14.0 Å². The molecular weight excluding hydrogens is 130 g/mol. The molecule has 0 heterocycles. The van der Waals surface area contributed by atoms with Gasteiger partial charge in [0.05, 0.1) is 7.11 Å². The standard InChI is InChI=1S/C2H4O2.CH3NO3/c1-2(3)4;1-5-2(3)4/h1H3,(H,3,4);1H3. The minimum Gasteiger partial charge on any atom is -0.481 e. The van der Waals surface area contributed by atoms with Crippen molar-refractivity contribution in [2.24, 2.45) is 0 Å². The van der Waals surface area contributed by atoms with Gasteiger partial charge in [-0.25, -0.2) is 0 Å². The molecule has 0 unspecified atom stereocenters. The van der Waals surface area contributed by atoms with Gasteiger partial charge in [-0.15, -0.1) is 10.1 Å². The average molecular weight is 137 g/mol. The van der Waals surface area contributed by atoms with Gasteiger partial charge in [-0.2, -0.15) is 0 Å². The van der Waals surface area contributed by atoms with Crippen molar-refractivity contribution in [1.82, 2.24) is 0 Å². The fourth-order valence-corrected chi connectivity index (χ4v) is 0. The first kappa shape index (κ1) is 10.6. The molecule has 54 valence electrons. The van der Waals surface area contributed by atoms with Crippen LogP contribution in [0.4, 0.5) is 0 Å². The average Bonchev–Trinajstić information content (AvgIpc) is 1.65. The quantitative estimate of drug-likeness (QED) is 0.403. The molecule has 1 N–H and O–H groups in total. The van der Waals surface area contributed by atoms with Crippen LogP contribution in [0.2, 0.25) is 0 Å². The summed E-state index contributed by atoms with van der Waals surface area (Å²) < 4.78 is 0. The SMILES string of the molecule is CC(=O)O.CO[N+](=O)[O-]. The summed E-state index contributed by atoms with van der Waals surface area (Å²) in [5, 5.41) is 15.5. The fourth-order valence-electron chi connectivity index (χ4n) is 0. The van der Waals surface area contributed by atoms with Crippen LogP contribution in [-0.2, 0) is 9.63 Å². The second kappa shape index (κ2) is 6.67. The molecule has 0 saturated carbocycles. The topological polar surface area (TPSA) is 89.7 Å². The molecule has 0 radical (unpaired) electrons. The molecule has 0 amide bonds. The lowest BCUT2D eigenvalue weighted by molar-refractivity contribution is -0.749. The highest BCUT2D eigenvalue weighted by Gasteiger charge is 1.77. The van der Waals surface area contributed by atoms with Gasteiger partial charge in [-0.1, -0.05) is 0 Å². The summed E-state index contributed by atoms with van der Waals surface area (Å²) in [5.41, 5.74) is 0. The zero-order valence-electron chi connectivity index (χ0n) is 5.03. The summed E-state index contributed by atoms with van der Waals surface area (Å²) in [4.78, 5) is 21.4. The third-order valence-corrected chi connectivity index (χ3v) is 0.149. The summed E-state index contributed by atoms with van der Waals surface area (Å²) in [5.74, 6) is -0.833. The van der Waals surface area contributed by atoms with Gasteiger partial charge in [0.2, 0.25) is 0 Å². The molecule has 6 heteroatoms. The minimum atomic E-state index is -0.875. The molecule has 0 aromatic heterocycles. The lowest BCUT2D eigenvalue weighted by Crippen LogP contribution is -1.91. The summed E-state index contributed by atoms with van der Waals surface area (Å²) >= 11 is 0. The number of hydrogen-bond acceptors (Lipinski definition) is 4. The molecule has 6 nitrogen and oxygen atoms in total. The molecule has 0 aromatic carbocycles. The van der Waals surface area contributed by atoms with Crippen molar-refractivity contribution in [3.8, 4) is 0 Å². The monoisotopic (exact) mass is 137 g/mol. The normalized spacial score (nSPS) is 6.44. The summed E-state index contributed by atoms with van der Waals surface area (Å²) in [6.07, 6.45) is 0. The van der Waals surface area contributed by atoms with E-state index < -0.39 is 11.1 Å². The first-order valence-corrected chi connectivity index (χ1v) is 1.88. The van der Waals surface area contributed by atoms with E-state index in [1.165, 1.54) is 0 Å². The van der Waals surface area contributed by atoms with Crippen molar-refractivity contribution < 1.29 is 19.8 Å². The van der Waals surface area contributed by atoms with Gasteiger partial charge in [0.25, 0.3) is 11.1 Å². The van der Waals surface area contributed by atoms with Gasteiger partial charge in [0.1, 0.15) is 0 Å². The molecule has 9 heavy (non-hydrogen) atoms. The molecule has 0 fully saturated rings. The van der Waals surface area contributed by atoms with Crippen molar-refractivity contribution in [2.45, 2.75) is 6.92 Å². The van der Waals surface area contributed by atoms with E-state index in [9.17, 15) is 0 Å². The fraction of sp³-hybridized carbons (Fsp3) is 0.667. The zero-order valence-corrected chi connectivity index (χ0v) is 5.03. The van der Waals surface area contributed by atoms with Crippen LogP contribution in [0.3, 0.4) is 0 Å².